The van der Waals surface area contributed by atoms with Gasteiger partial charge in [-0.1, -0.05) is 11.6 Å². The van der Waals surface area contributed by atoms with E-state index in [4.69, 9.17) is 16.3 Å². The van der Waals surface area contributed by atoms with Crippen LogP contribution in [0.3, 0.4) is 0 Å². The second-order valence-corrected chi connectivity index (χ2v) is 6.46. The summed E-state index contributed by atoms with van der Waals surface area (Å²) < 4.78 is 34.6. The van der Waals surface area contributed by atoms with Crippen molar-refractivity contribution in [1.82, 2.24) is 0 Å². The summed E-state index contributed by atoms with van der Waals surface area (Å²) in [4.78, 5) is 12.4. The lowest BCUT2D eigenvalue weighted by Crippen LogP contribution is -2.38. The highest BCUT2D eigenvalue weighted by atomic mass is 35.5. The number of benzene rings is 2. The number of non-ortho nitro benzene ring substituents is 1. The number of piperidine rings is 1. The standard InChI is InChI=1S/C18H17ClF2N2O4/c19-16-11-13(23(24)25)3-6-17(16)26-15-7-9-22(10-8-15)12-1-4-14(5-2-12)27-18(20)21/h1-6,11,15,18H,7-10H2. The Bertz CT molecular complexity index is 796. The van der Waals surface area contributed by atoms with Crippen LogP contribution in [0.4, 0.5) is 20.2 Å². The summed E-state index contributed by atoms with van der Waals surface area (Å²) in [7, 11) is 0. The summed E-state index contributed by atoms with van der Waals surface area (Å²) in [6.07, 6.45) is 1.42. The summed E-state index contributed by atoms with van der Waals surface area (Å²) in [6, 6.07) is 10.7. The number of hydrogen-bond acceptors (Lipinski definition) is 5. The number of nitrogens with zero attached hydrogens (tertiary/aromatic N) is 2. The average molecular weight is 399 g/mol. The van der Waals surface area contributed by atoms with Crippen molar-refractivity contribution in [2.24, 2.45) is 0 Å². The number of alkyl halides is 2. The third-order valence-corrected chi connectivity index (χ3v) is 4.58. The molecule has 1 aliphatic heterocycles. The van der Waals surface area contributed by atoms with Gasteiger partial charge >= 0.3 is 6.61 Å². The molecule has 2 aromatic carbocycles. The normalized spacial score (nSPS) is 15.0. The molecule has 0 saturated carbocycles. The number of nitro benzene ring substituents is 1. The van der Waals surface area contributed by atoms with Crippen molar-refractivity contribution in [1.29, 1.82) is 0 Å². The molecule has 0 atom stereocenters. The SMILES string of the molecule is O=[N+]([O-])c1ccc(OC2CCN(c3ccc(OC(F)F)cc3)CC2)c(Cl)c1. The predicted molar refractivity (Wildman–Crippen MR) is 97.0 cm³/mol. The summed E-state index contributed by atoms with van der Waals surface area (Å²) >= 11 is 6.06. The van der Waals surface area contributed by atoms with E-state index in [-0.39, 0.29) is 22.6 Å². The van der Waals surface area contributed by atoms with Crippen LogP contribution < -0.4 is 14.4 Å². The summed E-state index contributed by atoms with van der Waals surface area (Å²) in [5.74, 6) is 0.550. The van der Waals surface area contributed by atoms with Gasteiger partial charge in [0.25, 0.3) is 5.69 Å². The Labute approximate surface area is 159 Å². The van der Waals surface area contributed by atoms with E-state index in [1.165, 1.54) is 30.3 Å². The molecule has 0 aromatic heterocycles. The lowest BCUT2D eigenvalue weighted by molar-refractivity contribution is -0.384. The highest BCUT2D eigenvalue weighted by Gasteiger charge is 2.22. The van der Waals surface area contributed by atoms with Crippen LogP contribution in [0, 0.1) is 10.1 Å². The molecule has 1 fully saturated rings. The molecule has 2 aromatic rings. The minimum Gasteiger partial charge on any atom is -0.489 e. The van der Waals surface area contributed by atoms with Crippen molar-refractivity contribution < 1.29 is 23.2 Å². The summed E-state index contributed by atoms with van der Waals surface area (Å²) in [5.41, 5.74) is 0.838. The zero-order chi connectivity index (χ0) is 19.4. The monoisotopic (exact) mass is 398 g/mol. The average Bonchev–Trinajstić information content (AvgIpc) is 2.64. The fraction of sp³-hybridized carbons (Fsp3) is 0.333. The largest absolute Gasteiger partial charge is 0.489 e. The molecule has 3 rings (SSSR count). The van der Waals surface area contributed by atoms with E-state index in [1.807, 2.05) is 0 Å². The Balaban J connectivity index is 1.55. The highest BCUT2D eigenvalue weighted by molar-refractivity contribution is 6.32. The molecule has 27 heavy (non-hydrogen) atoms. The zero-order valence-electron chi connectivity index (χ0n) is 14.2. The second kappa shape index (κ2) is 8.39. The molecule has 0 aliphatic carbocycles. The van der Waals surface area contributed by atoms with Crippen molar-refractivity contribution in [2.45, 2.75) is 25.6 Å². The van der Waals surface area contributed by atoms with Crippen LogP contribution in [0.1, 0.15) is 12.8 Å². The lowest BCUT2D eigenvalue weighted by atomic mass is 10.1. The molecule has 0 bridgehead atoms. The van der Waals surface area contributed by atoms with Gasteiger partial charge in [-0.15, -0.1) is 0 Å². The second-order valence-electron chi connectivity index (χ2n) is 6.05. The van der Waals surface area contributed by atoms with Crippen LogP contribution in [-0.2, 0) is 0 Å². The Morgan fingerprint density at radius 2 is 1.81 bits per heavy atom. The molecule has 9 heteroatoms. The quantitative estimate of drug-likeness (QED) is 0.511. The van der Waals surface area contributed by atoms with E-state index in [1.54, 1.807) is 12.1 Å². The Morgan fingerprint density at radius 1 is 1.15 bits per heavy atom. The third kappa shape index (κ3) is 4.97. The fourth-order valence-electron chi connectivity index (χ4n) is 2.95. The minimum absolute atomic E-state index is 0.0540. The van der Waals surface area contributed by atoms with Gasteiger partial charge in [-0.3, -0.25) is 10.1 Å². The maximum absolute atomic E-state index is 12.2. The number of rotatable bonds is 6. The van der Waals surface area contributed by atoms with Gasteiger partial charge in [0.1, 0.15) is 17.6 Å². The first-order valence-corrected chi connectivity index (χ1v) is 8.70. The Kier molecular flexibility index (Phi) is 5.95. The van der Waals surface area contributed by atoms with Gasteiger partial charge < -0.3 is 14.4 Å². The van der Waals surface area contributed by atoms with Gasteiger partial charge in [0.15, 0.2) is 0 Å². The van der Waals surface area contributed by atoms with Gasteiger partial charge in [0, 0.05) is 43.8 Å². The highest BCUT2D eigenvalue weighted by Crippen LogP contribution is 2.31. The van der Waals surface area contributed by atoms with Crippen molar-refractivity contribution in [3.8, 4) is 11.5 Å². The Hall–Kier alpha value is -2.61. The third-order valence-electron chi connectivity index (χ3n) is 4.29. The molecule has 0 spiro atoms. The number of nitro groups is 1. The molecular weight excluding hydrogens is 382 g/mol. The number of hydrogen-bond donors (Lipinski definition) is 0. The van der Waals surface area contributed by atoms with E-state index < -0.39 is 11.5 Å². The molecule has 0 radical (unpaired) electrons. The van der Waals surface area contributed by atoms with Crippen LogP contribution >= 0.6 is 11.6 Å². The predicted octanol–water partition coefficient (Wildman–Crippen LogP) is 4.90. The van der Waals surface area contributed by atoms with Crippen LogP contribution in [0.15, 0.2) is 42.5 Å². The van der Waals surface area contributed by atoms with Gasteiger partial charge in [-0.2, -0.15) is 8.78 Å². The van der Waals surface area contributed by atoms with Gasteiger partial charge in [-0.05, 0) is 30.3 Å². The maximum atomic E-state index is 12.2. The van der Waals surface area contributed by atoms with Gasteiger partial charge in [0.05, 0.1) is 9.95 Å². The van der Waals surface area contributed by atoms with Crippen LogP contribution in [0.5, 0.6) is 11.5 Å². The summed E-state index contributed by atoms with van der Waals surface area (Å²) in [6.45, 7) is -1.38. The maximum Gasteiger partial charge on any atom is 0.387 e. The molecule has 0 unspecified atom stereocenters. The number of halogens is 3. The molecule has 0 N–H and O–H groups in total. The zero-order valence-corrected chi connectivity index (χ0v) is 14.9. The van der Waals surface area contributed by atoms with E-state index in [0.717, 1.165) is 31.6 Å². The van der Waals surface area contributed by atoms with Crippen molar-refractivity contribution in [3.05, 3.63) is 57.6 Å². The van der Waals surface area contributed by atoms with Gasteiger partial charge in [0.2, 0.25) is 0 Å². The van der Waals surface area contributed by atoms with E-state index in [2.05, 4.69) is 9.64 Å². The smallest absolute Gasteiger partial charge is 0.387 e. The molecule has 0 amide bonds. The lowest BCUT2D eigenvalue weighted by Gasteiger charge is -2.34. The molecule has 6 nitrogen and oxygen atoms in total. The number of anilines is 1. The molecule has 1 heterocycles. The molecule has 1 saturated heterocycles. The van der Waals surface area contributed by atoms with Crippen molar-refractivity contribution in [2.75, 3.05) is 18.0 Å². The van der Waals surface area contributed by atoms with E-state index in [9.17, 15) is 18.9 Å². The topological polar surface area (TPSA) is 64.8 Å². The first-order chi connectivity index (χ1) is 12.9. The van der Waals surface area contributed by atoms with Crippen molar-refractivity contribution >= 4 is 23.0 Å². The van der Waals surface area contributed by atoms with E-state index in [0.29, 0.717) is 5.75 Å². The van der Waals surface area contributed by atoms with E-state index >= 15 is 0 Å². The van der Waals surface area contributed by atoms with Gasteiger partial charge in [-0.25, -0.2) is 0 Å². The first kappa shape index (κ1) is 19.2. The number of ether oxygens (including phenoxy) is 2. The first-order valence-electron chi connectivity index (χ1n) is 8.33. The minimum atomic E-state index is -2.84. The molecular formula is C18H17ClF2N2O4. The van der Waals surface area contributed by atoms with Crippen LogP contribution in [-0.4, -0.2) is 30.7 Å². The van der Waals surface area contributed by atoms with Crippen LogP contribution in [0.2, 0.25) is 5.02 Å². The Morgan fingerprint density at radius 3 is 2.37 bits per heavy atom. The molecule has 144 valence electrons. The summed E-state index contributed by atoms with van der Waals surface area (Å²) in [5, 5.41) is 11.0. The fourth-order valence-corrected chi connectivity index (χ4v) is 3.17. The van der Waals surface area contributed by atoms with Crippen LogP contribution in [0.25, 0.3) is 0 Å². The van der Waals surface area contributed by atoms with Crippen molar-refractivity contribution in [3.63, 3.8) is 0 Å². The molecule has 1 aliphatic rings.